The smallest absolute Gasteiger partial charge is 0.410 e. The molecule has 2 unspecified atom stereocenters. The highest BCUT2D eigenvalue weighted by molar-refractivity contribution is 7.13. The molecule has 2 aromatic heterocycles. The van der Waals surface area contributed by atoms with E-state index in [9.17, 15) is 19.5 Å². The number of carbonyl (C=O) groups excluding carboxylic acids is 3. The number of aryl methyl sites for hydroxylation is 1. The summed E-state index contributed by atoms with van der Waals surface area (Å²) in [6.07, 6.45) is 5.05. The van der Waals surface area contributed by atoms with Crippen LogP contribution in [-0.4, -0.2) is 135 Å². The molecule has 0 aliphatic carbocycles. The van der Waals surface area contributed by atoms with Crippen LogP contribution < -0.4 is 5.32 Å². The Bertz CT molecular complexity index is 1610. The van der Waals surface area contributed by atoms with Crippen LogP contribution in [0.15, 0.2) is 30.4 Å². The van der Waals surface area contributed by atoms with E-state index >= 15 is 0 Å². The summed E-state index contributed by atoms with van der Waals surface area (Å²) >= 11 is 1.51. The number of nitrogens with zero attached hydrogens (tertiary/aromatic N) is 6. The molecule has 2 aromatic rings. The summed E-state index contributed by atoms with van der Waals surface area (Å²) in [6, 6.07) is -0.997. The van der Waals surface area contributed by atoms with E-state index in [1.54, 1.807) is 29.6 Å². The number of aromatic nitrogens is 4. The highest BCUT2D eigenvalue weighted by Crippen LogP contribution is 2.39. The third-order valence-electron chi connectivity index (χ3n) is 12.0. The Morgan fingerprint density at radius 3 is 2.50 bits per heavy atom. The van der Waals surface area contributed by atoms with Crippen molar-refractivity contribution < 1.29 is 38.4 Å². The number of aliphatic hydroxyl groups is 1. The summed E-state index contributed by atoms with van der Waals surface area (Å²) in [5, 5.41) is 26.5. The molecule has 0 bridgehead atoms. The van der Waals surface area contributed by atoms with Gasteiger partial charge in [-0.1, -0.05) is 39.0 Å². The molecule has 0 saturated carbocycles. The van der Waals surface area contributed by atoms with E-state index in [0.717, 1.165) is 17.1 Å². The molecule has 0 spiro atoms. The van der Waals surface area contributed by atoms with Gasteiger partial charge < -0.3 is 34.3 Å². The number of hydrogen-bond acceptors (Lipinski definition) is 14. The molecule has 15 nitrogen and oxygen atoms in total. The fraction of sp³-hybridized carbons (Fsp3) is 0.762. The average Bonchev–Trinajstić information content (AvgIpc) is 3.95. The number of allylic oxidation sites excluding steroid dienone is 1. The van der Waals surface area contributed by atoms with Crippen LogP contribution in [0.1, 0.15) is 93.9 Å². The van der Waals surface area contributed by atoms with Crippen molar-refractivity contribution in [2.75, 3.05) is 33.8 Å². The van der Waals surface area contributed by atoms with Gasteiger partial charge in [0, 0.05) is 49.3 Å². The van der Waals surface area contributed by atoms with Crippen molar-refractivity contribution in [3.05, 3.63) is 30.4 Å². The zero-order valence-corrected chi connectivity index (χ0v) is 37.2. The fourth-order valence-electron chi connectivity index (χ4n) is 8.86. The van der Waals surface area contributed by atoms with Gasteiger partial charge in [0.1, 0.15) is 28.8 Å². The fourth-order valence-corrected chi connectivity index (χ4v) is 9.45. The van der Waals surface area contributed by atoms with E-state index in [0.29, 0.717) is 58.3 Å². The minimum atomic E-state index is -1.21. The van der Waals surface area contributed by atoms with Crippen LogP contribution in [0.5, 0.6) is 0 Å². The van der Waals surface area contributed by atoms with Gasteiger partial charge in [0.05, 0.1) is 18.3 Å². The lowest BCUT2D eigenvalue weighted by molar-refractivity contribution is -0.241. The first-order chi connectivity index (χ1) is 27.6. The van der Waals surface area contributed by atoms with Crippen molar-refractivity contribution in [3.63, 3.8) is 0 Å². The second-order valence-corrected chi connectivity index (χ2v) is 17.4. The Labute approximate surface area is 349 Å². The lowest BCUT2D eigenvalue weighted by Crippen LogP contribution is -2.60. The number of fused-ring (bicyclic) bond motifs is 1. The molecular weight excluding hydrogens is 763 g/mol. The number of cyclic esters (lactones) is 1. The number of likely N-dealkylation sites (N-methyl/N-ethyl adjacent to an activating group) is 1. The molecule has 0 radical (unpaired) electrons. The van der Waals surface area contributed by atoms with Gasteiger partial charge in [-0.15, -0.1) is 23.0 Å². The van der Waals surface area contributed by atoms with Gasteiger partial charge in [0.15, 0.2) is 17.7 Å². The van der Waals surface area contributed by atoms with E-state index in [2.05, 4.69) is 34.1 Å². The molecule has 58 heavy (non-hydrogen) atoms. The number of unbranched alkanes of at least 4 members (excludes halogenated alkanes) is 1. The molecule has 4 rings (SSSR count). The molecule has 2 saturated heterocycles. The van der Waals surface area contributed by atoms with E-state index in [1.807, 2.05) is 71.3 Å². The molecule has 16 heteroatoms. The van der Waals surface area contributed by atoms with E-state index in [1.165, 1.54) is 11.3 Å². The molecule has 2 N–H and O–H groups in total. The van der Waals surface area contributed by atoms with Gasteiger partial charge in [-0.2, -0.15) is 0 Å². The van der Waals surface area contributed by atoms with Crippen LogP contribution in [0.4, 0.5) is 4.79 Å². The Hall–Kier alpha value is -3.28. The van der Waals surface area contributed by atoms with E-state index in [4.69, 9.17) is 18.9 Å². The van der Waals surface area contributed by atoms with Gasteiger partial charge in [-0.05, 0) is 98.7 Å². The SMILES string of the molecule is C=CC[C@H]1C[C@@H](C)CN[C@H](C)[C@H]2N(CCCCn3cc(-c4nccs4)nn3)C(=O)O[C@]2(C)[C@@H](CC)OC(=O)[C@H](C)C(=O)[C@H](C)[C@H]1O[C@H](OCC)C(O)C(CC)N(C)C. The van der Waals surface area contributed by atoms with Gasteiger partial charge in [-0.3, -0.25) is 19.2 Å². The monoisotopic (exact) mass is 831 g/mol. The van der Waals surface area contributed by atoms with Gasteiger partial charge >= 0.3 is 12.1 Å². The van der Waals surface area contributed by atoms with Crippen molar-refractivity contribution >= 4 is 29.2 Å². The number of carbonyl (C=O) groups is 3. The number of aliphatic hydroxyl groups excluding tert-OH is 1. The number of hydrogen-bond donors (Lipinski definition) is 2. The maximum Gasteiger partial charge on any atom is 0.410 e. The van der Waals surface area contributed by atoms with Gasteiger partial charge in [0.25, 0.3) is 0 Å². The van der Waals surface area contributed by atoms with Crippen molar-refractivity contribution in [1.82, 2.24) is 35.1 Å². The molecule has 0 aromatic carbocycles. The quantitative estimate of drug-likeness (QED) is 0.0667. The summed E-state index contributed by atoms with van der Waals surface area (Å²) in [6.45, 7) is 21.1. The molecule has 326 valence electrons. The Kier molecular flexibility index (Phi) is 17.8. The third kappa shape index (κ3) is 11.3. The van der Waals surface area contributed by atoms with Crippen LogP contribution in [0.25, 0.3) is 10.7 Å². The minimum absolute atomic E-state index is 0.0958. The Morgan fingerprint density at radius 2 is 1.88 bits per heavy atom. The zero-order valence-electron chi connectivity index (χ0n) is 36.3. The van der Waals surface area contributed by atoms with Gasteiger partial charge in [0.2, 0.25) is 0 Å². The minimum Gasteiger partial charge on any atom is -0.458 e. The normalized spacial score (nSPS) is 30.6. The van der Waals surface area contributed by atoms with Crippen LogP contribution in [-0.2, 0) is 35.1 Å². The maximum atomic E-state index is 14.4. The number of nitrogens with one attached hydrogen (secondary N) is 1. The average molecular weight is 832 g/mol. The van der Waals surface area contributed by atoms with Crippen molar-refractivity contribution in [1.29, 1.82) is 0 Å². The summed E-state index contributed by atoms with van der Waals surface area (Å²) in [5.41, 5.74) is -0.484. The molecule has 12 atom stereocenters. The summed E-state index contributed by atoms with van der Waals surface area (Å²) in [7, 11) is 3.80. The molecular formula is C42H69N7O8S. The topological polar surface area (TPSA) is 170 Å². The first-order valence-electron chi connectivity index (χ1n) is 21.1. The zero-order chi connectivity index (χ0) is 42.7. The highest BCUT2D eigenvalue weighted by Gasteiger charge is 2.58. The number of ketones is 1. The van der Waals surface area contributed by atoms with Gasteiger partial charge in [-0.25, -0.2) is 9.78 Å². The first kappa shape index (κ1) is 47.4. The van der Waals surface area contributed by atoms with Crippen molar-refractivity contribution in [3.8, 4) is 10.7 Å². The predicted octanol–water partition coefficient (Wildman–Crippen LogP) is 5.58. The van der Waals surface area contributed by atoms with Crippen molar-refractivity contribution in [2.45, 2.75) is 149 Å². The van der Waals surface area contributed by atoms with E-state index in [-0.39, 0.29) is 29.7 Å². The van der Waals surface area contributed by atoms with Crippen LogP contribution in [0.3, 0.4) is 0 Å². The number of Topliss-reactive ketones (excluding diaryl/α,β-unsaturated/α-hetero) is 1. The highest BCUT2D eigenvalue weighted by atomic mass is 32.1. The van der Waals surface area contributed by atoms with Crippen LogP contribution in [0, 0.1) is 23.7 Å². The second-order valence-electron chi connectivity index (χ2n) is 16.5. The molecule has 1 amide bonds. The van der Waals surface area contributed by atoms with E-state index < -0.39 is 60.1 Å². The summed E-state index contributed by atoms with van der Waals surface area (Å²) in [4.78, 5) is 50.2. The molecule has 2 aliphatic heterocycles. The molecule has 2 fully saturated rings. The standard InChI is InChI=1S/C42H69N7O8S/c1-12-18-30-23-26(5)24-44-29(8)37-42(9,57-41(53)49(37)21-17-16-20-48-25-31(45-46-48)38-43-19-22-58-38)33(14-3)55-39(52)28(7)34(50)27(6)36(30)56-40(54-15-4)35(51)32(13-2)47(10)11/h12,19,22,25-30,32-33,35-37,40,44,51H,1,13-18,20-21,23-24H2,2-11H3/t26-,27+,28-,29-,30+,32?,33-,35?,36-,37-,40+,42-/m1/s1. The number of esters is 1. The number of ether oxygens (including phenoxy) is 4. The van der Waals surface area contributed by atoms with Crippen LogP contribution >= 0.6 is 11.3 Å². The third-order valence-corrected chi connectivity index (χ3v) is 12.8. The molecule has 4 heterocycles. The number of thiazole rings is 1. The maximum absolute atomic E-state index is 14.4. The first-order valence-corrected chi connectivity index (χ1v) is 22.0. The lowest BCUT2D eigenvalue weighted by atomic mass is 9.79. The largest absolute Gasteiger partial charge is 0.458 e. The summed E-state index contributed by atoms with van der Waals surface area (Å²) in [5.74, 6) is -3.03. The van der Waals surface area contributed by atoms with Crippen LogP contribution in [0.2, 0.25) is 0 Å². The Morgan fingerprint density at radius 1 is 1.16 bits per heavy atom. The molecule has 2 aliphatic rings. The Balaban J connectivity index is 1.61. The number of rotatable bonds is 17. The number of amides is 1. The predicted molar refractivity (Wildman–Crippen MR) is 223 cm³/mol. The summed E-state index contributed by atoms with van der Waals surface area (Å²) < 4.78 is 27.0. The second kappa shape index (κ2) is 21.8. The van der Waals surface area contributed by atoms with Crippen molar-refractivity contribution in [2.24, 2.45) is 23.7 Å². The lowest BCUT2D eigenvalue weighted by Gasteiger charge is -2.40.